The van der Waals surface area contributed by atoms with Crippen molar-refractivity contribution in [2.45, 2.75) is 25.0 Å². The maximum absolute atomic E-state index is 14.1. The zero-order valence-electron chi connectivity index (χ0n) is 14.0. The molecule has 140 valence electrons. The molecular weight excluding hydrogens is 350 g/mol. The number of carbonyl (C=O) groups excluding carboxylic acids is 1. The van der Waals surface area contributed by atoms with E-state index in [4.69, 9.17) is 9.84 Å². The third kappa shape index (κ3) is 3.15. The third-order valence-corrected chi connectivity index (χ3v) is 4.26. The fourth-order valence-corrected chi connectivity index (χ4v) is 2.79. The maximum Gasteiger partial charge on any atom is 0.256 e. The second kappa shape index (κ2) is 7.00. The van der Waals surface area contributed by atoms with E-state index in [0.717, 1.165) is 18.9 Å². The molecule has 1 aromatic carbocycles. The molecule has 1 aliphatic rings. The second-order valence-electron chi connectivity index (χ2n) is 6.16. The summed E-state index contributed by atoms with van der Waals surface area (Å²) < 4.78 is 34.5. The summed E-state index contributed by atoms with van der Waals surface area (Å²) in [7, 11) is 1.18. The SMILES string of the molecule is COc1c(F)c(F)cc2c(=O)c(C(=O)NC[C@@H](O)CO)cn(C3CC3)c12. The molecule has 1 aliphatic carbocycles. The molecule has 0 saturated heterocycles. The Hall–Kier alpha value is -2.52. The lowest BCUT2D eigenvalue weighted by Gasteiger charge is -2.16. The molecule has 3 rings (SSSR count). The van der Waals surface area contributed by atoms with E-state index < -0.39 is 35.7 Å². The smallest absolute Gasteiger partial charge is 0.256 e. The second-order valence-corrected chi connectivity index (χ2v) is 6.16. The average Bonchev–Trinajstić information content (AvgIpc) is 3.46. The van der Waals surface area contributed by atoms with Crippen molar-refractivity contribution in [1.29, 1.82) is 0 Å². The van der Waals surface area contributed by atoms with E-state index in [1.807, 2.05) is 0 Å². The molecule has 9 heteroatoms. The van der Waals surface area contributed by atoms with Gasteiger partial charge in [0.25, 0.3) is 5.91 Å². The molecule has 0 bridgehead atoms. The van der Waals surface area contributed by atoms with Gasteiger partial charge in [0.1, 0.15) is 5.56 Å². The van der Waals surface area contributed by atoms with Gasteiger partial charge in [0.2, 0.25) is 11.2 Å². The Morgan fingerprint density at radius 1 is 1.46 bits per heavy atom. The number of aliphatic hydroxyl groups is 2. The summed E-state index contributed by atoms with van der Waals surface area (Å²) in [6.45, 7) is -0.802. The molecule has 0 aliphatic heterocycles. The zero-order chi connectivity index (χ0) is 19.0. The first-order valence-corrected chi connectivity index (χ1v) is 8.07. The number of carbonyl (C=O) groups is 1. The fourth-order valence-electron chi connectivity index (χ4n) is 2.79. The number of nitrogens with zero attached hydrogens (tertiary/aromatic N) is 1. The van der Waals surface area contributed by atoms with E-state index in [1.165, 1.54) is 13.3 Å². The highest BCUT2D eigenvalue weighted by Crippen LogP contribution is 2.40. The molecule has 2 aromatic rings. The Labute approximate surface area is 146 Å². The van der Waals surface area contributed by atoms with E-state index >= 15 is 0 Å². The molecule has 26 heavy (non-hydrogen) atoms. The number of methoxy groups -OCH3 is 1. The fraction of sp³-hybridized carbons (Fsp3) is 0.412. The standard InChI is InChI=1S/C17H18F2N2O5/c1-26-16-13(19)12(18)4-10-14(16)21(8-2-3-8)6-11(15(10)24)17(25)20-5-9(23)7-22/h4,6,8-9,22-23H,2-3,5,7H2,1H3,(H,20,25)/t9-/m1/s1. The van der Waals surface area contributed by atoms with Crippen molar-refractivity contribution < 1.29 is 28.5 Å². The van der Waals surface area contributed by atoms with Crippen LogP contribution in [0.25, 0.3) is 10.9 Å². The number of rotatable bonds is 6. The Morgan fingerprint density at radius 3 is 2.73 bits per heavy atom. The van der Waals surface area contributed by atoms with Gasteiger partial charge in [0, 0.05) is 18.8 Å². The van der Waals surface area contributed by atoms with Crippen LogP contribution in [0.5, 0.6) is 5.75 Å². The van der Waals surface area contributed by atoms with Gasteiger partial charge in [0.05, 0.1) is 30.7 Å². The Balaban J connectivity index is 2.18. The van der Waals surface area contributed by atoms with Crippen LogP contribution in [0.4, 0.5) is 8.78 Å². The monoisotopic (exact) mass is 368 g/mol. The van der Waals surface area contributed by atoms with Crippen molar-refractivity contribution in [2.75, 3.05) is 20.3 Å². The highest BCUT2D eigenvalue weighted by molar-refractivity contribution is 5.98. The van der Waals surface area contributed by atoms with Crippen LogP contribution in [0.2, 0.25) is 0 Å². The van der Waals surface area contributed by atoms with Gasteiger partial charge in [-0.15, -0.1) is 0 Å². The Morgan fingerprint density at radius 2 is 2.15 bits per heavy atom. The first kappa shape index (κ1) is 18.3. The summed E-state index contributed by atoms with van der Waals surface area (Å²) in [6, 6.07) is 0.708. The van der Waals surface area contributed by atoms with Gasteiger partial charge in [-0.25, -0.2) is 4.39 Å². The number of hydrogen-bond donors (Lipinski definition) is 3. The van der Waals surface area contributed by atoms with Crippen molar-refractivity contribution in [1.82, 2.24) is 9.88 Å². The van der Waals surface area contributed by atoms with Crippen LogP contribution in [0, 0.1) is 11.6 Å². The van der Waals surface area contributed by atoms with Gasteiger partial charge < -0.3 is 24.8 Å². The molecule has 3 N–H and O–H groups in total. The van der Waals surface area contributed by atoms with Gasteiger partial charge in [-0.3, -0.25) is 9.59 Å². The number of fused-ring (bicyclic) bond motifs is 1. The van der Waals surface area contributed by atoms with Crippen molar-refractivity contribution >= 4 is 16.8 Å². The van der Waals surface area contributed by atoms with E-state index in [0.29, 0.717) is 0 Å². The average molecular weight is 368 g/mol. The number of benzene rings is 1. The van der Waals surface area contributed by atoms with Crippen LogP contribution in [0.3, 0.4) is 0 Å². The number of aliphatic hydroxyl groups excluding tert-OH is 2. The van der Waals surface area contributed by atoms with Crippen molar-refractivity contribution in [3.8, 4) is 5.75 Å². The van der Waals surface area contributed by atoms with Crippen molar-refractivity contribution in [2.24, 2.45) is 0 Å². The van der Waals surface area contributed by atoms with Gasteiger partial charge in [-0.1, -0.05) is 0 Å². The summed E-state index contributed by atoms with van der Waals surface area (Å²) in [4.78, 5) is 25.0. The van der Waals surface area contributed by atoms with Gasteiger partial charge in [0.15, 0.2) is 11.6 Å². The minimum atomic E-state index is -1.25. The normalized spacial score (nSPS) is 15.1. The van der Waals surface area contributed by atoms with Gasteiger partial charge in [-0.05, 0) is 18.9 Å². The zero-order valence-corrected chi connectivity index (χ0v) is 14.0. The number of amides is 1. The number of hydrogen-bond acceptors (Lipinski definition) is 5. The Kier molecular flexibility index (Phi) is 4.92. The summed E-state index contributed by atoms with van der Waals surface area (Å²) >= 11 is 0. The largest absolute Gasteiger partial charge is 0.491 e. The molecule has 1 saturated carbocycles. The molecule has 1 amide bonds. The minimum absolute atomic E-state index is 0.0496. The molecule has 1 aromatic heterocycles. The lowest BCUT2D eigenvalue weighted by molar-refractivity contribution is 0.0801. The van der Waals surface area contributed by atoms with Crippen LogP contribution < -0.4 is 15.5 Å². The minimum Gasteiger partial charge on any atom is -0.491 e. The van der Waals surface area contributed by atoms with E-state index in [1.54, 1.807) is 4.57 Å². The predicted molar refractivity (Wildman–Crippen MR) is 88.4 cm³/mol. The van der Waals surface area contributed by atoms with Crippen LogP contribution in [0.15, 0.2) is 17.1 Å². The summed E-state index contributed by atoms with van der Waals surface area (Å²) in [5, 5.41) is 20.3. The summed E-state index contributed by atoms with van der Waals surface area (Å²) in [5.74, 6) is -3.60. The highest BCUT2D eigenvalue weighted by atomic mass is 19.2. The number of ether oxygens (including phenoxy) is 1. The summed E-state index contributed by atoms with van der Waals surface area (Å²) in [5.41, 5.74) is -0.932. The van der Waals surface area contributed by atoms with Crippen molar-refractivity contribution in [3.63, 3.8) is 0 Å². The molecular formula is C17H18F2N2O5. The maximum atomic E-state index is 14.1. The highest BCUT2D eigenvalue weighted by Gasteiger charge is 2.30. The lowest BCUT2D eigenvalue weighted by Crippen LogP contribution is -2.36. The first-order valence-electron chi connectivity index (χ1n) is 8.07. The van der Waals surface area contributed by atoms with E-state index in [9.17, 15) is 23.5 Å². The lowest BCUT2D eigenvalue weighted by atomic mass is 10.1. The molecule has 1 heterocycles. The van der Waals surface area contributed by atoms with Crippen LogP contribution in [0.1, 0.15) is 29.2 Å². The first-order chi connectivity index (χ1) is 12.4. The van der Waals surface area contributed by atoms with E-state index in [2.05, 4.69) is 5.32 Å². The van der Waals surface area contributed by atoms with Gasteiger partial charge >= 0.3 is 0 Å². The molecule has 0 spiro atoms. The predicted octanol–water partition coefficient (Wildman–Crippen LogP) is 0.706. The number of pyridine rings is 1. The molecule has 0 unspecified atom stereocenters. The number of nitrogens with one attached hydrogen (secondary N) is 1. The van der Waals surface area contributed by atoms with E-state index in [-0.39, 0.29) is 34.8 Å². The number of aromatic nitrogens is 1. The molecule has 1 atom stereocenters. The molecule has 7 nitrogen and oxygen atoms in total. The van der Waals surface area contributed by atoms with Crippen molar-refractivity contribution in [3.05, 3.63) is 39.7 Å². The van der Waals surface area contributed by atoms with Crippen LogP contribution >= 0.6 is 0 Å². The third-order valence-electron chi connectivity index (χ3n) is 4.26. The molecule has 0 radical (unpaired) electrons. The van der Waals surface area contributed by atoms with Gasteiger partial charge in [-0.2, -0.15) is 4.39 Å². The molecule has 1 fully saturated rings. The quantitative estimate of drug-likeness (QED) is 0.697. The van der Waals surface area contributed by atoms with Crippen LogP contribution in [-0.2, 0) is 0 Å². The summed E-state index contributed by atoms with van der Waals surface area (Å²) in [6.07, 6.45) is 1.66. The topological polar surface area (TPSA) is 101 Å². The number of halogens is 2. The van der Waals surface area contributed by atoms with Crippen LogP contribution in [-0.4, -0.2) is 47.1 Å². The Bertz CT molecular complexity index is 924.